The molecule has 0 saturated heterocycles. The molecule has 0 fully saturated rings. The van der Waals surface area contributed by atoms with E-state index in [1.54, 1.807) is 0 Å². The third kappa shape index (κ3) is 25.7. The molecule has 1 heteroatoms. The zero-order chi connectivity index (χ0) is 30.2. The number of rotatable bonds is 20. The zero-order valence-electron chi connectivity index (χ0n) is 27.7. The molecule has 0 aliphatic carbocycles. The molecular weight excluding hydrogens is 484 g/mol. The molecular formula is C39H62O. The summed E-state index contributed by atoms with van der Waals surface area (Å²) in [5.74, 6) is 0.446. The number of hydrogen-bond acceptors (Lipinski definition) is 1. The highest BCUT2D eigenvalue weighted by atomic mass is 16.3. The molecule has 0 aliphatic rings. The van der Waals surface area contributed by atoms with Gasteiger partial charge in [-0.1, -0.05) is 93.7 Å². The molecule has 1 nitrogen and oxygen atoms in total. The summed E-state index contributed by atoms with van der Waals surface area (Å²) in [4.78, 5) is 0. The van der Waals surface area contributed by atoms with Gasteiger partial charge in [-0.3, -0.25) is 0 Å². The Morgan fingerprint density at radius 3 is 1.05 bits per heavy atom. The van der Waals surface area contributed by atoms with Gasteiger partial charge in [-0.25, -0.2) is 0 Å². The molecule has 0 unspecified atom stereocenters. The summed E-state index contributed by atoms with van der Waals surface area (Å²) in [7, 11) is 0. The number of aliphatic hydroxyl groups is 1. The summed E-state index contributed by atoms with van der Waals surface area (Å²) >= 11 is 0. The van der Waals surface area contributed by atoms with Crippen LogP contribution in [0.15, 0.2) is 106 Å². The molecule has 0 amide bonds. The molecule has 0 radical (unpaired) electrons. The highest BCUT2D eigenvalue weighted by Crippen LogP contribution is 2.15. The fourth-order valence-corrected chi connectivity index (χ4v) is 4.24. The van der Waals surface area contributed by atoms with E-state index >= 15 is 0 Å². The van der Waals surface area contributed by atoms with Gasteiger partial charge in [-0.15, -0.1) is 0 Å². The number of aliphatic hydroxyl groups excluding tert-OH is 1. The van der Waals surface area contributed by atoms with Crippen molar-refractivity contribution >= 4 is 0 Å². The highest BCUT2D eigenvalue weighted by Gasteiger charge is 1.95. The van der Waals surface area contributed by atoms with E-state index in [4.69, 9.17) is 0 Å². The second kappa shape index (κ2) is 24.3. The summed E-state index contributed by atoms with van der Waals surface area (Å²) in [6.45, 7) is 19.8. The van der Waals surface area contributed by atoms with Gasteiger partial charge in [0.1, 0.15) is 0 Å². The lowest BCUT2D eigenvalue weighted by atomic mass is 10.0. The molecule has 0 atom stereocenters. The van der Waals surface area contributed by atoms with E-state index in [2.05, 4.69) is 105 Å². The van der Waals surface area contributed by atoms with Crippen LogP contribution in [-0.2, 0) is 0 Å². The minimum atomic E-state index is 0.446. The normalized spacial score (nSPS) is 14.2. The van der Waals surface area contributed by atoms with Crippen LogP contribution < -0.4 is 0 Å². The van der Waals surface area contributed by atoms with Gasteiger partial charge in [0.15, 0.2) is 0 Å². The molecule has 0 aromatic heterocycles. The minimum Gasteiger partial charge on any atom is -0.512 e. The second-order valence-corrected chi connectivity index (χ2v) is 12.1. The molecule has 0 aromatic rings. The van der Waals surface area contributed by atoms with E-state index < -0.39 is 0 Å². The second-order valence-electron chi connectivity index (χ2n) is 12.1. The first-order valence-corrected chi connectivity index (χ1v) is 15.6. The molecule has 0 aliphatic heterocycles. The largest absolute Gasteiger partial charge is 0.512 e. The third-order valence-corrected chi connectivity index (χ3v) is 6.95. The predicted octanol–water partition coefficient (Wildman–Crippen LogP) is 13.3. The van der Waals surface area contributed by atoms with Crippen LogP contribution in [0.1, 0.15) is 139 Å². The molecule has 0 spiro atoms. The molecule has 0 rings (SSSR count). The van der Waals surface area contributed by atoms with E-state index in [-0.39, 0.29) is 0 Å². The van der Waals surface area contributed by atoms with Crippen molar-refractivity contribution in [3.63, 3.8) is 0 Å². The lowest BCUT2D eigenvalue weighted by molar-refractivity contribution is 0.389. The van der Waals surface area contributed by atoms with Gasteiger partial charge in [0.25, 0.3) is 0 Å². The Hall–Kier alpha value is -2.54. The summed E-state index contributed by atoms with van der Waals surface area (Å²) < 4.78 is 0. The Kier molecular flexibility index (Phi) is 22.7. The van der Waals surface area contributed by atoms with E-state index in [1.165, 1.54) is 45.4 Å². The predicted molar refractivity (Wildman–Crippen MR) is 183 cm³/mol. The minimum absolute atomic E-state index is 0.446. The summed E-state index contributed by atoms with van der Waals surface area (Å²) in [5.41, 5.74) is 10.0. The lowest BCUT2D eigenvalue weighted by Crippen LogP contribution is -1.83. The lowest BCUT2D eigenvalue weighted by Gasteiger charge is -2.02. The van der Waals surface area contributed by atoms with Gasteiger partial charge in [0, 0.05) is 6.42 Å². The number of hydrogen-bond donors (Lipinski definition) is 1. The Balaban J connectivity index is 4.27. The van der Waals surface area contributed by atoms with Crippen molar-refractivity contribution < 1.29 is 5.11 Å². The first kappa shape index (κ1) is 37.5. The average Bonchev–Trinajstić information content (AvgIpc) is 2.86. The van der Waals surface area contributed by atoms with Crippen molar-refractivity contribution in [3.05, 3.63) is 106 Å². The summed E-state index contributed by atoms with van der Waals surface area (Å²) in [6.07, 6.45) is 34.9. The van der Waals surface area contributed by atoms with Crippen LogP contribution in [0, 0.1) is 0 Å². The van der Waals surface area contributed by atoms with Crippen LogP contribution >= 0.6 is 0 Å². The van der Waals surface area contributed by atoms with Crippen LogP contribution in [0.3, 0.4) is 0 Å². The van der Waals surface area contributed by atoms with Crippen molar-refractivity contribution in [1.29, 1.82) is 0 Å². The Labute approximate surface area is 249 Å². The van der Waals surface area contributed by atoms with Crippen molar-refractivity contribution in [3.8, 4) is 0 Å². The summed E-state index contributed by atoms with van der Waals surface area (Å²) in [6, 6.07) is 0. The maximum Gasteiger partial charge on any atom is 0.0925 e. The van der Waals surface area contributed by atoms with Crippen LogP contribution in [0.2, 0.25) is 0 Å². The molecule has 1 N–H and O–H groups in total. The van der Waals surface area contributed by atoms with Crippen molar-refractivity contribution in [2.24, 2.45) is 0 Å². The topological polar surface area (TPSA) is 20.2 Å². The smallest absolute Gasteiger partial charge is 0.0925 e. The van der Waals surface area contributed by atoms with Crippen LogP contribution in [0.5, 0.6) is 0 Å². The fourth-order valence-electron chi connectivity index (χ4n) is 4.24. The van der Waals surface area contributed by atoms with Gasteiger partial charge in [-0.2, -0.15) is 0 Å². The van der Waals surface area contributed by atoms with Gasteiger partial charge in [0.2, 0.25) is 0 Å². The Morgan fingerprint density at radius 2 is 0.675 bits per heavy atom. The van der Waals surface area contributed by atoms with Crippen LogP contribution in [0.4, 0.5) is 0 Å². The molecule has 0 bridgehead atoms. The zero-order valence-corrected chi connectivity index (χ0v) is 27.7. The SMILES string of the molecule is CC(C)=CCC/C(C)=C/CC/C(C)=C/CC/C(O)=C/C=C/C=C(\C)CC/C=C(\C)CC/C=C(\C)CCC=C(C)C. The van der Waals surface area contributed by atoms with Gasteiger partial charge in [-0.05, 0) is 139 Å². The molecule has 0 aromatic carbocycles. The monoisotopic (exact) mass is 546 g/mol. The first-order valence-electron chi connectivity index (χ1n) is 15.6. The molecule has 0 heterocycles. The van der Waals surface area contributed by atoms with E-state index in [1.807, 2.05) is 18.2 Å². The Morgan fingerprint density at radius 1 is 0.375 bits per heavy atom. The van der Waals surface area contributed by atoms with Gasteiger partial charge in [0.05, 0.1) is 5.76 Å². The molecule has 40 heavy (non-hydrogen) atoms. The van der Waals surface area contributed by atoms with Gasteiger partial charge < -0.3 is 5.11 Å². The standard InChI is InChI=1S/C39H62O/c1-32(2)18-12-21-35(6)24-15-27-37(8)26-14-23-34(5)20-10-11-30-39(40)31-17-29-38(9)28-16-25-36(7)22-13-19-33(3)4/h10-11,18-20,24-26,29-30,40H,12-17,21-23,27-28,31H2,1-9H3/b11-10+,34-20+,35-24+,36-25+,37-26+,38-29+,39-30-. The molecule has 224 valence electrons. The van der Waals surface area contributed by atoms with Crippen LogP contribution in [0.25, 0.3) is 0 Å². The summed E-state index contributed by atoms with van der Waals surface area (Å²) in [5, 5.41) is 10.2. The van der Waals surface area contributed by atoms with Gasteiger partial charge >= 0.3 is 0 Å². The van der Waals surface area contributed by atoms with E-state index in [0.29, 0.717) is 12.2 Å². The van der Waals surface area contributed by atoms with Crippen molar-refractivity contribution in [2.45, 2.75) is 139 Å². The molecule has 0 saturated carbocycles. The van der Waals surface area contributed by atoms with Crippen molar-refractivity contribution in [1.82, 2.24) is 0 Å². The fraction of sp³-hybridized carbons (Fsp3) is 0.538. The maximum absolute atomic E-state index is 10.2. The maximum atomic E-state index is 10.2. The van der Waals surface area contributed by atoms with Crippen LogP contribution in [-0.4, -0.2) is 5.11 Å². The van der Waals surface area contributed by atoms with E-state index in [9.17, 15) is 5.11 Å². The van der Waals surface area contributed by atoms with E-state index in [0.717, 1.165) is 64.2 Å². The number of allylic oxidation sites excluding steroid dienone is 18. The highest BCUT2D eigenvalue weighted by molar-refractivity contribution is 5.18. The Bertz CT molecular complexity index is 894. The first-order chi connectivity index (χ1) is 19.0. The third-order valence-electron chi connectivity index (χ3n) is 6.95. The van der Waals surface area contributed by atoms with Crippen molar-refractivity contribution in [2.75, 3.05) is 0 Å². The average molecular weight is 547 g/mol. The quantitative estimate of drug-likeness (QED) is 0.0914.